The monoisotopic (exact) mass is 964 g/mol. The zero-order chi connectivity index (χ0) is 48.6. The highest BCUT2D eigenvalue weighted by Crippen LogP contribution is 2.46. The molecule has 2 atom stereocenters. The van der Waals surface area contributed by atoms with Crippen molar-refractivity contribution >= 4 is 130 Å². The summed E-state index contributed by atoms with van der Waals surface area (Å²) in [6.45, 7) is 2.28. The smallest absolute Gasteiger partial charge is 0.155 e. The SMILES string of the molecule is CCC1C(c2ccc3c(c2)oc2ccccc23)=NC(c2cc(-n3c4cc5ccccc5cc4c4c5ccccc5ccc43)c3c(c2)sc2ccccc23)=NC1c1ccc2c(c1)c1ccccc1n2-c1ccccc1. The van der Waals surface area contributed by atoms with Gasteiger partial charge in [0.15, 0.2) is 5.84 Å². The number of thiophene rings is 1. The Morgan fingerprint density at radius 3 is 2.01 bits per heavy atom. The number of aliphatic imine (C=N–C) groups is 2. The van der Waals surface area contributed by atoms with Crippen LogP contribution in [0.3, 0.4) is 0 Å². The second-order valence-electron chi connectivity index (χ2n) is 19.9. The molecule has 11 aromatic carbocycles. The Bertz CT molecular complexity index is 4910. The molecule has 1 aliphatic heterocycles. The van der Waals surface area contributed by atoms with Gasteiger partial charge in [0.2, 0.25) is 0 Å². The molecule has 0 saturated carbocycles. The minimum atomic E-state index is -0.232. The molecule has 0 amide bonds. The molecule has 15 aromatic rings. The zero-order valence-corrected chi connectivity index (χ0v) is 41.1. The van der Waals surface area contributed by atoms with Crippen LogP contribution in [0.1, 0.15) is 36.1 Å². The maximum absolute atomic E-state index is 6.57. The Morgan fingerprint density at radius 2 is 1.15 bits per heavy atom. The van der Waals surface area contributed by atoms with E-state index in [0.717, 1.165) is 62.4 Å². The van der Waals surface area contributed by atoms with E-state index in [1.165, 1.54) is 90.9 Å². The number of hydrogen-bond acceptors (Lipinski definition) is 4. The molecule has 0 aliphatic carbocycles. The Kier molecular flexibility index (Phi) is 8.95. The topological polar surface area (TPSA) is 47.7 Å². The normalized spacial score (nSPS) is 15.3. The fraction of sp³-hybridized carbons (Fsp3) is 0.0588. The number of rotatable bonds is 6. The minimum Gasteiger partial charge on any atom is -0.456 e. The average molecular weight is 965 g/mol. The first-order valence-corrected chi connectivity index (χ1v) is 26.4. The number of amidine groups is 1. The molecule has 1 aliphatic rings. The van der Waals surface area contributed by atoms with Crippen LogP contribution in [0.5, 0.6) is 0 Å². The number of aromatic nitrogens is 2. The molecular formula is C68H44N4OS. The van der Waals surface area contributed by atoms with Crippen molar-refractivity contribution in [3.8, 4) is 11.4 Å². The summed E-state index contributed by atoms with van der Waals surface area (Å²) in [6, 6.07) is 81.8. The second kappa shape index (κ2) is 15.9. The van der Waals surface area contributed by atoms with Crippen molar-refractivity contribution in [3.05, 3.63) is 241 Å². The number of fused-ring (bicyclic) bond motifs is 15. The highest BCUT2D eigenvalue weighted by Gasteiger charge is 2.33. The number of hydrogen-bond donors (Lipinski definition) is 0. The number of furan rings is 1. The second-order valence-corrected chi connectivity index (χ2v) is 21.0. The molecule has 0 saturated heterocycles. The summed E-state index contributed by atoms with van der Waals surface area (Å²) in [5.41, 5.74) is 12.9. The lowest BCUT2D eigenvalue weighted by molar-refractivity contribution is 0.533. The van der Waals surface area contributed by atoms with Gasteiger partial charge in [-0.1, -0.05) is 146 Å². The molecule has 5 heterocycles. The third kappa shape index (κ3) is 6.09. The van der Waals surface area contributed by atoms with Gasteiger partial charge >= 0.3 is 0 Å². The lowest BCUT2D eigenvalue weighted by atomic mass is 9.82. The first-order chi connectivity index (χ1) is 36.6. The Labute approximate surface area is 429 Å². The van der Waals surface area contributed by atoms with E-state index in [4.69, 9.17) is 14.4 Å². The molecule has 74 heavy (non-hydrogen) atoms. The molecule has 0 bridgehead atoms. The lowest BCUT2D eigenvalue weighted by Crippen LogP contribution is -2.28. The largest absolute Gasteiger partial charge is 0.456 e. The summed E-state index contributed by atoms with van der Waals surface area (Å²) in [7, 11) is 0. The van der Waals surface area contributed by atoms with Gasteiger partial charge in [0.1, 0.15) is 11.2 Å². The standard InChI is InChI=1S/C68H44N4OS/c1-2-47-66(43-30-32-56-53(35-43)49-22-10-13-25-55(49)71(56)46-19-4-3-5-20-46)69-68(70-67(47)44-28-31-51-50-23-11-14-26-60(50)73-61(51)38-44)45-37-59(65-52-24-12-15-27-62(52)74-63(65)39-45)72-57-33-29-40-16-8-9-21-48(40)64(57)54-34-41-17-6-7-18-42(41)36-58(54)72/h3-39,47,66H,2H2,1H3. The van der Waals surface area contributed by atoms with Crippen LogP contribution in [-0.4, -0.2) is 20.7 Å². The molecule has 16 rings (SSSR count). The van der Waals surface area contributed by atoms with Crippen molar-refractivity contribution in [2.75, 3.05) is 0 Å². The Hall–Kier alpha value is -9.10. The fourth-order valence-electron chi connectivity index (χ4n) is 12.5. The molecule has 0 radical (unpaired) electrons. The van der Waals surface area contributed by atoms with Gasteiger partial charge < -0.3 is 13.6 Å². The molecule has 348 valence electrons. The molecule has 4 aromatic heterocycles. The predicted octanol–water partition coefficient (Wildman–Crippen LogP) is 18.5. The van der Waals surface area contributed by atoms with Gasteiger partial charge in [-0.2, -0.15) is 0 Å². The Morgan fingerprint density at radius 1 is 0.446 bits per heavy atom. The van der Waals surface area contributed by atoms with Gasteiger partial charge in [0, 0.05) is 75.2 Å². The molecule has 2 unspecified atom stereocenters. The van der Waals surface area contributed by atoms with E-state index < -0.39 is 0 Å². The highest BCUT2D eigenvalue weighted by molar-refractivity contribution is 7.26. The van der Waals surface area contributed by atoms with E-state index in [-0.39, 0.29) is 12.0 Å². The van der Waals surface area contributed by atoms with Crippen molar-refractivity contribution in [2.24, 2.45) is 15.9 Å². The third-order valence-corrected chi connectivity index (χ3v) is 17.0. The van der Waals surface area contributed by atoms with Crippen molar-refractivity contribution < 1.29 is 4.42 Å². The van der Waals surface area contributed by atoms with Crippen molar-refractivity contribution in [2.45, 2.75) is 19.4 Å². The van der Waals surface area contributed by atoms with Crippen LogP contribution in [0.2, 0.25) is 0 Å². The van der Waals surface area contributed by atoms with E-state index in [9.17, 15) is 0 Å². The zero-order valence-electron chi connectivity index (χ0n) is 40.3. The number of nitrogens with zero attached hydrogens (tertiary/aromatic N) is 4. The van der Waals surface area contributed by atoms with Gasteiger partial charge in [-0.15, -0.1) is 11.3 Å². The molecule has 0 fully saturated rings. The third-order valence-electron chi connectivity index (χ3n) is 15.9. The van der Waals surface area contributed by atoms with Crippen molar-refractivity contribution in [3.63, 3.8) is 0 Å². The van der Waals surface area contributed by atoms with Crippen molar-refractivity contribution in [1.29, 1.82) is 0 Å². The molecule has 0 N–H and O–H groups in total. The van der Waals surface area contributed by atoms with E-state index >= 15 is 0 Å². The van der Waals surface area contributed by atoms with E-state index in [2.05, 4.69) is 234 Å². The highest BCUT2D eigenvalue weighted by atomic mass is 32.1. The van der Waals surface area contributed by atoms with Crippen LogP contribution in [0.4, 0.5) is 0 Å². The van der Waals surface area contributed by atoms with Gasteiger partial charge in [-0.05, 0) is 118 Å². The van der Waals surface area contributed by atoms with E-state index in [1.807, 2.05) is 17.4 Å². The van der Waals surface area contributed by atoms with E-state index in [1.54, 1.807) is 0 Å². The molecular weight excluding hydrogens is 921 g/mol. The first kappa shape index (κ1) is 41.5. The quantitative estimate of drug-likeness (QED) is 0.164. The number of benzene rings is 11. The summed E-state index contributed by atoms with van der Waals surface area (Å²) in [6.07, 6.45) is 0.839. The summed E-state index contributed by atoms with van der Waals surface area (Å²) < 4.78 is 13.9. The van der Waals surface area contributed by atoms with Crippen LogP contribution in [0.25, 0.3) is 119 Å². The summed E-state index contributed by atoms with van der Waals surface area (Å²) >= 11 is 1.84. The van der Waals surface area contributed by atoms with Gasteiger partial charge in [-0.25, -0.2) is 4.99 Å². The van der Waals surface area contributed by atoms with Crippen LogP contribution < -0.4 is 0 Å². The van der Waals surface area contributed by atoms with Crippen LogP contribution >= 0.6 is 11.3 Å². The predicted molar refractivity (Wildman–Crippen MR) is 313 cm³/mol. The van der Waals surface area contributed by atoms with Gasteiger partial charge in [0.25, 0.3) is 0 Å². The van der Waals surface area contributed by atoms with Crippen molar-refractivity contribution in [1.82, 2.24) is 9.13 Å². The van der Waals surface area contributed by atoms with Crippen LogP contribution in [-0.2, 0) is 0 Å². The maximum atomic E-state index is 6.57. The maximum Gasteiger partial charge on any atom is 0.155 e. The van der Waals surface area contributed by atoms with Gasteiger partial charge in [-0.3, -0.25) is 4.99 Å². The number of para-hydroxylation sites is 3. The summed E-state index contributed by atoms with van der Waals surface area (Å²) in [5.74, 6) is 0.704. The average Bonchev–Trinajstić information content (AvgIpc) is 4.22. The van der Waals surface area contributed by atoms with Crippen LogP contribution in [0.15, 0.2) is 239 Å². The van der Waals surface area contributed by atoms with Gasteiger partial charge in [0.05, 0.1) is 39.5 Å². The summed E-state index contributed by atoms with van der Waals surface area (Å²) in [5, 5.41) is 14.5. The minimum absolute atomic E-state index is 0.0214. The first-order valence-electron chi connectivity index (χ1n) is 25.6. The molecule has 6 heteroatoms. The molecule has 0 spiro atoms. The molecule has 5 nitrogen and oxygen atoms in total. The Balaban J connectivity index is 0.976. The van der Waals surface area contributed by atoms with E-state index in [0.29, 0.717) is 0 Å². The summed E-state index contributed by atoms with van der Waals surface area (Å²) in [4.78, 5) is 11.7. The lowest BCUT2D eigenvalue weighted by Gasteiger charge is -2.30. The van der Waals surface area contributed by atoms with Crippen LogP contribution in [0, 0.1) is 5.92 Å². The fourth-order valence-corrected chi connectivity index (χ4v) is 13.7.